The Morgan fingerprint density at radius 3 is 2.71 bits per heavy atom. The third kappa shape index (κ3) is 1.93. The number of anilines is 1. The van der Waals surface area contributed by atoms with Crippen LogP contribution in [0.2, 0.25) is 0 Å². The van der Waals surface area contributed by atoms with Gasteiger partial charge in [-0.2, -0.15) is 9.65 Å². The smallest absolute Gasteiger partial charge is 0.280 e. The second kappa shape index (κ2) is 3.96. The van der Waals surface area contributed by atoms with Gasteiger partial charge in [-0.3, -0.25) is 0 Å². The van der Waals surface area contributed by atoms with Crippen LogP contribution in [0, 0.1) is 17.3 Å². The number of nitrogens with two attached hydrogens (primary N) is 1. The van der Waals surface area contributed by atoms with Crippen molar-refractivity contribution in [2.75, 3.05) is 5.73 Å². The van der Waals surface area contributed by atoms with Gasteiger partial charge in [0, 0.05) is 17.3 Å². The van der Waals surface area contributed by atoms with Crippen LogP contribution in [0.3, 0.4) is 0 Å². The van der Waals surface area contributed by atoms with Crippen molar-refractivity contribution >= 4 is 5.69 Å². The predicted molar refractivity (Wildman–Crippen MR) is 42.9 cm³/mol. The highest BCUT2D eigenvalue weighted by Crippen LogP contribution is 2.25. The van der Waals surface area contributed by atoms with Crippen molar-refractivity contribution in [2.24, 2.45) is 0 Å². The van der Waals surface area contributed by atoms with Crippen LogP contribution in [-0.4, -0.2) is 4.98 Å². The third-order valence-electron chi connectivity index (χ3n) is 1.62. The van der Waals surface area contributed by atoms with E-state index in [2.05, 4.69) is 4.98 Å². The Bertz CT molecular complexity index is 384. The molecular weight excluding hydrogens is 195 g/mol. The number of nitrogen functional groups attached to an aromatic ring is 1. The molecule has 0 aliphatic carbocycles. The molecule has 0 aromatic carbocycles. The zero-order valence-electron chi connectivity index (χ0n) is 6.97. The molecular formula is C8H6F3N3. The molecule has 0 amide bonds. The molecule has 1 aromatic heterocycles. The van der Waals surface area contributed by atoms with Crippen molar-refractivity contribution in [1.82, 2.24) is 4.98 Å². The summed E-state index contributed by atoms with van der Waals surface area (Å²) in [7, 11) is 0. The monoisotopic (exact) mass is 201 g/mol. The van der Waals surface area contributed by atoms with Gasteiger partial charge in [-0.15, -0.1) is 0 Å². The Balaban J connectivity index is 3.30. The maximum Gasteiger partial charge on any atom is 0.280 e. The molecule has 1 rings (SSSR count). The van der Waals surface area contributed by atoms with Crippen LogP contribution < -0.4 is 5.73 Å². The molecule has 14 heavy (non-hydrogen) atoms. The van der Waals surface area contributed by atoms with Crippen LogP contribution in [0.15, 0.2) is 6.07 Å². The molecule has 0 unspecified atom stereocenters. The zero-order chi connectivity index (χ0) is 10.7. The molecule has 2 N–H and O–H groups in total. The molecule has 3 nitrogen and oxygen atoms in total. The van der Waals surface area contributed by atoms with Crippen molar-refractivity contribution in [3.63, 3.8) is 0 Å². The van der Waals surface area contributed by atoms with Gasteiger partial charge in [-0.25, -0.2) is 13.8 Å². The number of aromatic nitrogens is 1. The number of alkyl halides is 2. The van der Waals surface area contributed by atoms with Gasteiger partial charge in [0.1, 0.15) is 5.69 Å². The van der Waals surface area contributed by atoms with E-state index < -0.39 is 18.1 Å². The first kappa shape index (κ1) is 10.3. The fourth-order valence-electron chi connectivity index (χ4n) is 1.03. The van der Waals surface area contributed by atoms with Gasteiger partial charge < -0.3 is 5.73 Å². The fraction of sp³-hybridized carbons (Fsp3) is 0.250. The maximum absolute atomic E-state index is 12.6. The quantitative estimate of drug-likeness (QED) is 0.742. The van der Waals surface area contributed by atoms with Gasteiger partial charge in [0.15, 0.2) is 0 Å². The van der Waals surface area contributed by atoms with E-state index in [1.54, 1.807) is 6.07 Å². The normalized spacial score (nSPS) is 10.2. The van der Waals surface area contributed by atoms with E-state index in [4.69, 9.17) is 11.0 Å². The minimum Gasteiger partial charge on any atom is -0.398 e. The van der Waals surface area contributed by atoms with E-state index in [0.717, 1.165) is 6.07 Å². The van der Waals surface area contributed by atoms with Crippen molar-refractivity contribution in [3.05, 3.63) is 23.3 Å². The molecule has 0 atom stereocenters. The molecule has 0 fully saturated rings. The van der Waals surface area contributed by atoms with E-state index in [1.807, 2.05) is 0 Å². The summed E-state index contributed by atoms with van der Waals surface area (Å²) in [5.74, 6) is -1.07. The number of pyridine rings is 1. The van der Waals surface area contributed by atoms with Gasteiger partial charge in [-0.05, 0) is 0 Å². The third-order valence-corrected chi connectivity index (χ3v) is 1.62. The second-order valence-corrected chi connectivity index (χ2v) is 2.53. The maximum atomic E-state index is 12.6. The molecule has 0 spiro atoms. The Hall–Kier alpha value is -1.77. The average Bonchev–Trinajstić information content (AvgIpc) is 2.09. The number of rotatable bonds is 2. The molecule has 1 heterocycles. The topological polar surface area (TPSA) is 62.7 Å². The summed E-state index contributed by atoms with van der Waals surface area (Å²) in [5, 5.41) is 8.35. The van der Waals surface area contributed by atoms with E-state index in [1.165, 1.54) is 0 Å². The molecule has 0 bridgehead atoms. The first-order chi connectivity index (χ1) is 6.56. The SMILES string of the molecule is N#CCc1c(N)cc(F)nc1C(F)F. The van der Waals surface area contributed by atoms with Crippen LogP contribution >= 0.6 is 0 Å². The molecule has 0 saturated carbocycles. The Labute approximate surface area is 78.0 Å². The van der Waals surface area contributed by atoms with E-state index >= 15 is 0 Å². The standard InChI is InChI=1S/C8H6F3N3/c9-6-3-5(13)4(1-2-12)7(14-6)8(10)11/h3,8H,1H2,(H2,13,14). The van der Waals surface area contributed by atoms with Crippen LogP contribution in [-0.2, 0) is 6.42 Å². The lowest BCUT2D eigenvalue weighted by Crippen LogP contribution is -2.05. The average molecular weight is 201 g/mol. The second-order valence-electron chi connectivity index (χ2n) is 2.53. The highest BCUT2D eigenvalue weighted by Gasteiger charge is 2.18. The number of hydrogen-bond donors (Lipinski definition) is 1. The van der Waals surface area contributed by atoms with Crippen LogP contribution in [0.4, 0.5) is 18.9 Å². The van der Waals surface area contributed by atoms with E-state index in [9.17, 15) is 13.2 Å². The van der Waals surface area contributed by atoms with Gasteiger partial charge in [0.2, 0.25) is 5.95 Å². The summed E-state index contributed by atoms with van der Waals surface area (Å²) >= 11 is 0. The number of nitrogens with zero attached hydrogens (tertiary/aromatic N) is 2. The number of hydrogen-bond acceptors (Lipinski definition) is 3. The molecule has 0 aliphatic heterocycles. The molecule has 0 aliphatic rings. The summed E-state index contributed by atoms with van der Waals surface area (Å²) < 4.78 is 37.2. The zero-order valence-corrected chi connectivity index (χ0v) is 6.97. The highest BCUT2D eigenvalue weighted by atomic mass is 19.3. The van der Waals surface area contributed by atoms with E-state index in [0.29, 0.717) is 0 Å². The minimum atomic E-state index is -2.93. The van der Waals surface area contributed by atoms with Gasteiger partial charge in [0.05, 0.1) is 12.5 Å². The number of nitriles is 1. The summed E-state index contributed by atoms with van der Waals surface area (Å²) in [5.41, 5.74) is 4.24. The van der Waals surface area contributed by atoms with Crippen LogP contribution in [0.5, 0.6) is 0 Å². The van der Waals surface area contributed by atoms with Crippen LogP contribution in [0.1, 0.15) is 17.7 Å². The van der Waals surface area contributed by atoms with Crippen LogP contribution in [0.25, 0.3) is 0 Å². The molecule has 74 valence electrons. The first-order valence-corrected chi connectivity index (χ1v) is 3.66. The minimum absolute atomic E-state index is 0.107. The van der Waals surface area contributed by atoms with Crippen molar-refractivity contribution in [2.45, 2.75) is 12.8 Å². The lowest BCUT2D eigenvalue weighted by molar-refractivity contribution is 0.144. The lowest BCUT2D eigenvalue weighted by atomic mass is 10.1. The molecule has 1 aromatic rings. The predicted octanol–water partition coefficient (Wildman–Crippen LogP) is 1.81. The summed E-state index contributed by atoms with van der Waals surface area (Å²) in [6, 6.07) is 2.48. The van der Waals surface area contributed by atoms with Gasteiger partial charge in [-0.1, -0.05) is 0 Å². The molecule has 6 heteroatoms. The summed E-state index contributed by atoms with van der Waals surface area (Å²) in [6.45, 7) is 0. The van der Waals surface area contributed by atoms with E-state index in [-0.39, 0.29) is 17.7 Å². The Morgan fingerprint density at radius 1 is 1.57 bits per heavy atom. The lowest BCUT2D eigenvalue weighted by Gasteiger charge is -2.07. The highest BCUT2D eigenvalue weighted by molar-refractivity contribution is 5.50. The summed E-state index contributed by atoms with van der Waals surface area (Å²) in [6.07, 6.45) is -3.24. The fourth-order valence-corrected chi connectivity index (χ4v) is 1.03. The Kier molecular flexibility index (Phi) is 2.92. The Morgan fingerprint density at radius 2 is 2.21 bits per heavy atom. The van der Waals surface area contributed by atoms with Gasteiger partial charge in [0.25, 0.3) is 6.43 Å². The van der Waals surface area contributed by atoms with Crippen molar-refractivity contribution in [3.8, 4) is 6.07 Å². The largest absolute Gasteiger partial charge is 0.398 e. The van der Waals surface area contributed by atoms with Crippen molar-refractivity contribution < 1.29 is 13.2 Å². The molecule has 0 radical (unpaired) electrons. The summed E-state index contributed by atoms with van der Waals surface area (Å²) in [4.78, 5) is 3.00. The number of halogens is 3. The van der Waals surface area contributed by atoms with Crippen molar-refractivity contribution in [1.29, 1.82) is 5.26 Å². The molecule has 0 saturated heterocycles. The first-order valence-electron chi connectivity index (χ1n) is 3.66. The van der Waals surface area contributed by atoms with Gasteiger partial charge >= 0.3 is 0 Å².